The van der Waals surface area contributed by atoms with Crippen molar-refractivity contribution >= 4 is 0 Å². The van der Waals surface area contributed by atoms with E-state index in [9.17, 15) is 4.39 Å². The van der Waals surface area contributed by atoms with Crippen molar-refractivity contribution in [2.75, 3.05) is 7.11 Å². The number of hydrogen-bond acceptors (Lipinski definition) is 4. The molecule has 1 aromatic carbocycles. The van der Waals surface area contributed by atoms with Crippen LogP contribution >= 0.6 is 0 Å². The number of ether oxygens (including phenoxy) is 2. The average Bonchev–Trinajstić information content (AvgIpc) is 2.48. The van der Waals surface area contributed by atoms with E-state index in [0.717, 1.165) is 0 Å². The van der Waals surface area contributed by atoms with Gasteiger partial charge >= 0.3 is 0 Å². The normalized spacial score (nSPS) is 10.3. The molecule has 0 atom stereocenters. The number of aromatic nitrogens is 1. The maximum atomic E-state index is 13.9. The summed E-state index contributed by atoms with van der Waals surface area (Å²) in [6.07, 6.45) is 4.79. The van der Waals surface area contributed by atoms with Crippen LogP contribution in [0, 0.1) is 17.3 Å². The van der Waals surface area contributed by atoms with Crippen LogP contribution in [0.25, 0.3) is 11.1 Å². The third-order valence-electron chi connectivity index (χ3n) is 3.11. The van der Waals surface area contributed by atoms with E-state index in [-0.39, 0.29) is 11.7 Å². The minimum absolute atomic E-state index is 0.0152. The van der Waals surface area contributed by atoms with E-state index >= 15 is 0 Å². The summed E-state index contributed by atoms with van der Waals surface area (Å²) in [4.78, 5) is 4.05. The summed E-state index contributed by atoms with van der Waals surface area (Å²) in [6.45, 7) is 3.82. The van der Waals surface area contributed by atoms with Crippen LogP contribution in [-0.4, -0.2) is 12.1 Å². The fraction of sp³-hybridized carbons (Fsp3) is 0.250. The summed E-state index contributed by atoms with van der Waals surface area (Å²) in [6, 6.07) is 4.43. The first-order valence-electron chi connectivity index (χ1n) is 6.45. The SMILES string of the molecule is COc1cncc(-c2cc(F)cc(C(C)C)c2OC#N)c1. The van der Waals surface area contributed by atoms with Crippen molar-refractivity contribution in [2.45, 2.75) is 19.8 Å². The third-order valence-corrected chi connectivity index (χ3v) is 3.11. The van der Waals surface area contributed by atoms with Crippen molar-refractivity contribution in [3.63, 3.8) is 0 Å². The molecule has 0 aliphatic carbocycles. The summed E-state index contributed by atoms with van der Waals surface area (Å²) >= 11 is 0. The van der Waals surface area contributed by atoms with E-state index in [1.807, 2.05) is 13.8 Å². The second-order valence-corrected chi connectivity index (χ2v) is 4.83. The van der Waals surface area contributed by atoms with Crippen LogP contribution < -0.4 is 9.47 Å². The van der Waals surface area contributed by atoms with E-state index in [0.29, 0.717) is 28.2 Å². The molecule has 0 spiro atoms. The Hall–Kier alpha value is -2.61. The van der Waals surface area contributed by atoms with Crippen LogP contribution in [0.15, 0.2) is 30.6 Å². The fourth-order valence-corrected chi connectivity index (χ4v) is 2.10. The summed E-state index contributed by atoms with van der Waals surface area (Å²) in [5, 5.41) is 8.86. The largest absolute Gasteiger partial charge is 0.495 e. The highest BCUT2D eigenvalue weighted by molar-refractivity contribution is 5.73. The van der Waals surface area contributed by atoms with Crippen LogP contribution in [0.1, 0.15) is 25.3 Å². The summed E-state index contributed by atoms with van der Waals surface area (Å²) in [5.74, 6) is 0.526. The average molecular weight is 286 g/mol. The second-order valence-electron chi connectivity index (χ2n) is 4.83. The van der Waals surface area contributed by atoms with Crippen LogP contribution in [0.2, 0.25) is 0 Å². The Balaban J connectivity index is 2.68. The third kappa shape index (κ3) is 3.11. The number of pyridine rings is 1. The van der Waals surface area contributed by atoms with Crippen LogP contribution in [0.3, 0.4) is 0 Å². The van der Waals surface area contributed by atoms with E-state index in [2.05, 4.69) is 4.98 Å². The second kappa shape index (κ2) is 6.23. The first-order chi connectivity index (χ1) is 10.1. The van der Waals surface area contributed by atoms with Crippen LogP contribution in [0.4, 0.5) is 4.39 Å². The number of nitriles is 1. The molecule has 1 aromatic heterocycles. The highest BCUT2D eigenvalue weighted by atomic mass is 19.1. The standard InChI is InChI=1S/C16H15FN2O2/c1-10(2)14-5-12(17)6-15(16(14)21-9-18)11-4-13(20-3)8-19-7-11/h4-8,10H,1-3H3. The van der Waals surface area contributed by atoms with Crippen molar-refractivity contribution < 1.29 is 13.9 Å². The molecule has 5 heteroatoms. The van der Waals surface area contributed by atoms with E-state index in [4.69, 9.17) is 14.7 Å². The molecule has 0 saturated heterocycles. The molecule has 4 nitrogen and oxygen atoms in total. The van der Waals surface area contributed by atoms with Gasteiger partial charge in [0.2, 0.25) is 0 Å². The van der Waals surface area contributed by atoms with Gasteiger partial charge in [-0.15, -0.1) is 5.26 Å². The first-order valence-corrected chi connectivity index (χ1v) is 6.45. The van der Waals surface area contributed by atoms with Crippen molar-refractivity contribution in [3.8, 4) is 28.9 Å². The first kappa shape index (κ1) is 14.8. The van der Waals surface area contributed by atoms with Crippen molar-refractivity contribution in [2.24, 2.45) is 0 Å². The Morgan fingerprint density at radius 3 is 2.62 bits per heavy atom. The minimum Gasteiger partial charge on any atom is -0.495 e. The van der Waals surface area contributed by atoms with Gasteiger partial charge < -0.3 is 9.47 Å². The van der Waals surface area contributed by atoms with Gasteiger partial charge in [-0.2, -0.15) is 0 Å². The zero-order valence-electron chi connectivity index (χ0n) is 12.1. The fourth-order valence-electron chi connectivity index (χ4n) is 2.10. The molecule has 0 radical (unpaired) electrons. The molecule has 1 heterocycles. The van der Waals surface area contributed by atoms with Gasteiger partial charge in [0.05, 0.1) is 13.3 Å². The number of benzene rings is 1. The van der Waals surface area contributed by atoms with Gasteiger partial charge in [0, 0.05) is 22.9 Å². The summed E-state index contributed by atoms with van der Waals surface area (Å²) < 4.78 is 24.1. The van der Waals surface area contributed by atoms with Gasteiger partial charge in [0.1, 0.15) is 11.6 Å². The van der Waals surface area contributed by atoms with Crippen LogP contribution in [0.5, 0.6) is 11.5 Å². The van der Waals surface area contributed by atoms with Crippen molar-refractivity contribution in [1.82, 2.24) is 4.98 Å². The molecular formula is C16H15FN2O2. The number of nitrogens with zero attached hydrogens (tertiary/aromatic N) is 2. The van der Waals surface area contributed by atoms with Crippen LogP contribution in [-0.2, 0) is 0 Å². The predicted octanol–water partition coefficient (Wildman–Crippen LogP) is 3.88. The van der Waals surface area contributed by atoms with Gasteiger partial charge in [-0.1, -0.05) is 13.8 Å². The van der Waals surface area contributed by atoms with Crippen molar-refractivity contribution in [1.29, 1.82) is 5.26 Å². The molecule has 108 valence electrons. The molecule has 0 aliphatic heterocycles. The lowest BCUT2D eigenvalue weighted by atomic mass is 9.96. The number of methoxy groups -OCH3 is 1. The lowest BCUT2D eigenvalue weighted by molar-refractivity contribution is 0.413. The lowest BCUT2D eigenvalue weighted by Gasteiger charge is -2.15. The van der Waals surface area contributed by atoms with E-state index in [1.54, 1.807) is 24.7 Å². The smallest absolute Gasteiger partial charge is 0.292 e. The zero-order chi connectivity index (χ0) is 15.4. The Bertz CT molecular complexity index is 693. The van der Waals surface area contributed by atoms with E-state index < -0.39 is 0 Å². The maximum absolute atomic E-state index is 13.9. The molecular weight excluding hydrogens is 271 g/mol. The molecule has 0 amide bonds. The molecule has 0 aliphatic rings. The van der Waals surface area contributed by atoms with Gasteiger partial charge in [-0.25, -0.2) is 4.39 Å². The molecule has 0 unspecified atom stereocenters. The topological polar surface area (TPSA) is 55.1 Å². The molecule has 0 bridgehead atoms. The quantitative estimate of drug-likeness (QED) is 0.800. The van der Waals surface area contributed by atoms with E-state index in [1.165, 1.54) is 19.2 Å². The molecule has 2 aromatic rings. The van der Waals surface area contributed by atoms with Gasteiger partial charge in [-0.05, 0) is 24.1 Å². The van der Waals surface area contributed by atoms with Gasteiger partial charge in [0.25, 0.3) is 6.26 Å². The van der Waals surface area contributed by atoms with Gasteiger partial charge in [-0.3, -0.25) is 4.98 Å². The highest BCUT2D eigenvalue weighted by Crippen LogP contribution is 2.38. The Morgan fingerprint density at radius 2 is 2.00 bits per heavy atom. The zero-order valence-corrected chi connectivity index (χ0v) is 12.1. The van der Waals surface area contributed by atoms with Crippen molar-refractivity contribution in [3.05, 3.63) is 42.0 Å². The molecule has 21 heavy (non-hydrogen) atoms. The molecule has 0 N–H and O–H groups in total. The summed E-state index contributed by atoms with van der Waals surface area (Å²) in [5.41, 5.74) is 1.74. The lowest BCUT2D eigenvalue weighted by Crippen LogP contribution is -1.99. The monoisotopic (exact) mass is 286 g/mol. The number of halogens is 1. The number of rotatable bonds is 4. The predicted molar refractivity (Wildman–Crippen MR) is 76.5 cm³/mol. The Labute approximate surface area is 122 Å². The Kier molecular flexibility index (Phi) is 4.39. The molecule has 0 saturated carbocycles. The Morgan fingerprint density at radius 1 is 1.24 bits per heavy atom. The number of hydrogen-bond donors (Lipinski definition) is 0. The summed E-state index contributed by atoms with van der Waals surface area (Å²) in [7, 11) is 1.53. The highest BCUT2D eigenvalue weighted by Gasteiger charge is 2.17. The molecule has 0 fully saturated rings. The minimum atomic E-state index is -0.387. The molecule has 2 rings (SSSR count). The van der Waals surface area contributed by atoms with Gasteiger partial charge in [0.15, 0.2) is 5.75 Å². The maximum Gasteiger partial charge on any atom is 0.292 e.